The van der Waals surface area contributed by atoms with Crippen LogP contribution in [0.3, 0.4) is 0 Å². The largest absolute Gasteiger partial charge is 0.416 e. The lowest BCUT2D eigenvalue weighted by Gasteiger charge is -2.10. The molecule has 27 heavy (non-hydrogen) atoms. The van der Waals surface area contributed by atoms with Gasteiger partial charge in [0.15, 0.2) is 5.17 Å². The Hall–Kier alpha value is -2.36. The molecule has 1 atom stereocenters. The zero-order chi connectivity index (χ0) is 20.2. The highest BCUT2D eigenvalue weighted by Crippen LogP contribution is 2.31. The third-order valence-electron chi connectivity index (χ3n) is 3.76. The zero-order valence-electron chi connectivity index (χ0n) is 14.9. The molecule has 0 saturated carbocycles. The molecule has 0 spiro atoms. The Morgan fingerprint density at radius 1 is 1.37 bits per heavy atom. The van der Waals surface area contributed by atoms with Crippen LogP contribution in [-0.4, -0.2) is 27.9 Å². The second-order valence-corrected chi connectivity index (χ2v) is 7.42. The van der Waals surface area contributed by atoms with Gasteiger partial charge >= 0.3 is 6.18 Å². The first-order valence-corrected chi connectivity index (χ1v) is 9.01. The number of carbonyl (C=O) groups is 2. The van der Waals surface area contributed by atoms with E-state index in [1.54, 1.807) is 0 Å². The normalized spacial score (nSPS) is 19.5. The van der Waals surface area contributed by atoms with Gasteiger partial charge in [-0.3, -0.25) is 9.59 Å². The van der Waals surface area contributed by atoms with Crippen LogP contribution in [0.25, 0.3) is 0 Å². The Balaban J connectivity index is 1.97. The molecule has 0 bridgehead atoms. The van der Waals surface area contributed by atoms with Crippen molar-refractivity contribution in [3.05, 3.63) is 29.8 Å². The van der Waals surface area contributed by atoms with Gasteiger partial charge in [-0.25, -0.2) is 0 Å². The third-order valence-corrected chi connectivity index (χ3v) is 4.83. The summed E-state index contributed by atoms with van der Waals surface area (Å²) in [6, 6.07) is 4.31. The smallest absolute Gasteiger partial charge is 0.326 e. The topological polar surface area (TPSA) is 82.9 Å². The highest BCUT2D eigenvalue weighted by atomic mass is 32.2. The highest BCUT2D eigenvalue weighted by molar-refractivity contribution is 8.15. The van der Waals surface area contributed by atoms with E-state index in [-0.39, 0.29) is 23.2 Å². The maximum atomic E-state index is 12.7. The molecule has 6 nitrogen and oxygen atoms in total. The molecule has 10 heteroatoms. The molecule has 1 aliphatic rings. The summed E-state index contributed by atoms with van der Waals surface area (Å²) in [6.07, 6.45) is -4.69. The van der Waals surface area contributed by atoms with Crippen molar-refractivity contribution in [3.63, 3.8) is 0 Å². The SMILES string of the molecule is C/C(=N/N=C1\NC(=O)[C@H](CC(=O)Nc2cccc(C(F)(F)F)c2)S1)C(C)C. The summed E-state index contributed by atoms with van der Waals surface area (Å²) in [7, 11) is 0. The van der Waals surface area contributed by atoms with E-state index in [0.29, 0.717) is 0 Å². The van der Waals surface area contributed by atoms with Crippen LogP contribution < -0.4 is 10.6 Å². The summed E-state index contributed by atoms with van der Waals surface area (Å²) in [5.74, 6) is -0.745. The molecular formula is C17H19F3N4O2S. The Morgan fingerprint density at radius 2 is 2.07 bits per heavy atom. The van der Waals surface area contributed by atoms with Gasteiger partial charge in [-0.1, -0.05) is 31.7 Å². The Labute approximate surface area is 158 Å². The van der Waals surface area contributed by atoms with Gasteiger partial charge in [0.1, 0.15) is 5.25 Å². The number of anilines is 1. The van der Waals surface area contributed by atoms with Gasteiger partial charge in [0.05, 0.1) is 5.56 Å². The minimum Gasteiger partial charge on any atom is -0.326 e. The molecule has 1 aromatic rings. The van der Waals surface area contributed by atoms with Crippen molar-refractivity contribution in [2.75, 3.05) is 5.32 Å². The van der Waals surface area contributed by atoms with E-state index in [1.165, 1.54) is 12.1 Å². The number of nitrogens with one attached hydrogen (secondary N) is 2. The molecular weight excluding hydrogens is 381 g/mol. The molecule has 1 aromatic carbocycles. The number of hydrogen-bond acceptors (Lipinski definition) is 5. The Morgan fingerprint density at radius 3 is 2.70 bits per heavy atom. The first-order chi connectivity index (χ1) is 12.6. The van der Waals surface area contributed by atoms with Crippen LogP contribution in [0.2, 0.25) is 0 Å². The molecule has 0 aliphatic carbocycles. The fourth-order valence-corrected chi connectivity index (χ4v) is 2.90. The number of thioether (sulfide) groups is 1. The minimum atomic E-state index is -4.50. The fraction of sp³-hybridized carbons (Fsp3) is 0.412. The van der Waals surface area contributed by atoms with Crippen LogP contribution in [0.4, 0.5) is 18.9 Å². The standard InChI is InChI=1S/C17H19F3N4O2S/c1-9(2)10(3)23-24-16-22-15(26)13(27-16)8-14(25)21-12-6-4-5-11(7-12)17(18,19)20/h4-7,9,13H,8H2,1-3H3,(H,21,25)(H,22,24,26)/b23-10-/t13-/m0/s1. The number of amidine groups is 1. The summed E-state index contributed by atoms with van der Waals surface area (Å²) in [5.41, 5.74) is -0.0477. The van der Waals surface area contributed by atoms with Crippen molar-refractivity contribution in [2.24, 2.45) is 16.1 Å². The van der Waals surface area contributed by atoms with Gasteiger partial charge in [0.25, 0.3) is 0 Å². The number of benzene rings is 1. The lowest BCUT2D eigenvalue weighted by Crippen LogP contribution is -2.28. The Bertz CT molecular complexity index is 791. The van der Waals surface area contributed by atoms with Gasteiger partial charge in [-0.05, 0) is 31.0 Å². The van der Waals surface area contributed by atoms with Crippen molar-refractivity contribution in [2.45, 2.75) is 38.6 Å². The van der Waals surface area contributed by atoms with E-state index in [1.807, 2.05) is 20.8 Å². The predicted octanol–water partition coefficient (Wildman–Crippen LogP) is 3.65. The number of rotatable bonds is 5. The molecule has 2 amide bonds. The maximum Gasteiger partial charge on any atom is 0.416 e. The number of hydrogen-bond donors (Lipinski definition) is 2. The van der Waals surface area contributed by atoms with E-state index in [4.69, 9.17) is 0 Å². The second-order valence-electron chi connectivity index (χ2n) is 6.23. The van der Waals surface area contributed by atoms with Crippen LogP contribution in [0.15, 0.2) is 34.5 Å². The van der Waals surface area contributed by atoms with Gasteiger partial charge < -0.3 is 10.6 Å². The number of nitrogens with zero attached hydrogens (tertiary/aromatic N) is 2. The monoisotopic (exact) mass is 400 g/mol. The van der Waals surface area contributed by atoms with Crippen LogP contribution >= 0.6 is 11.8 Å². The zero-order valence-corrected chi connectivity index (χ0v) is 15.7. The summed E-state index contributed by atoms with van der Waals surface area (Å²) in [5, 5.41) is 12.5. The lowest BCUT2D eigenvalue weighted by atomic mass is 10.1. The number of alkyl halides is 3. The van der Waals surface area contributed by atoms with Gasteiger partial charge in [0, 0.05) is 17.8 Å². The van der Waals surface area contributed by atoms with Gasteiger partial charge in [0.2, 0.25) is 11.8 Å². The van der Waals surface area contributed by atoms with E-state index < -0.39 is 28.8 Å². The van der Waals surface area contributed by atoms with Crippen molar-refractivity contribution in [1.29, 1.82) is 0 Å². The van der Waals surface area contributed by atoms with E-state index in [2.05, 4.69) is 20.8 Å². The van der Waals surface area contributed by atoms with Crippen LogP contribution in [-0.2, 0) is 15.8 Å². The molecule has 2 N–H and O–H groups in total. The second kappa shape index (κ2) is 8.55. The van der Waals surface area contributed by atoms with E-state index in [9.17, 15) is 22.8 Å². The quantitative estimate of drug-likeness (QED) is 0.585. The summed E-state index contributed by atoms with van der Waals surface area (Å²) >= 11 is 1.06. The minimum absolute atomic E-state index is 0.0179. The maximum absolute atomic E-state index is 12.7. The summed E-state index contributed by atoms with van der Waals surface area (Å²) < 4.78 is 38.1. The lowest BCUT2D eigenvalue weighted by molar-refractivity contribution is -0.137. The van der Waals surface area contributed by atoms with Gasteiger partial charge in [-0.15, -0.1) is 5.10 Å². The Kier molecular flexibility index (Phi) is 6.63. The molecule has 0 aromatic heterocycles. The molecule has 1 aliphatic heterocycles. The van der Waals surface area contributed by atoms with Crippen molar-refractivity contribution in [1.82, 2.24) is 5.32 Å². The molecule has 1 heterocycles. The first-order valence-electron chi connectivity index (χ1n) is 8.13. The first kappa shape index (κ1) is 20.9. The molecule has 1 fully saturated rings. The van der Waals surface area contributed by atoms with Gasteiger partial charge in [-0.2, -0.15) is 18.3 Å². The van der Waals surface area contributed by atoms with Crippen molar-refractivity contribution < 1.29 is 22.8 Å². The average Bonchev–Trinajstić information content (AvgIpc) is 2.91. The average molecular weight is 400 g/mol. The fourth-order valence-electron chi connectivity index (χ4n) is 1.98. The van der Waals surface area contributed by atoms with Crippen LogP contribution in [0.1, 0.15) is 32.8 Å². The summed E-state index contributed by atoms with van der Waals surface area (Å²) in [4.78, 5) is 24.0. The summed E-state index contributed by atoms with van der Waals surface area (Å²) in [6.45, 7) is 5.73. The third kappa shape index (κ3) is 6.09. The van der Waals surface area contributed by atoms with E-state index >= 15 is 0 Å². The van der Waals surface area contributed by atoms with Crippen LogP contribution in [0.5, 0.6) is 0 Å². The van der Waals surface area contributed by atoms with Crippen molar-refractivity contribution >= 4 is 40.1 Å². The van der Waals surface area contributed by atoms with Crippen molar-refractivity contribution in [3.8, 4) is 0 Å². The number of carbonyl (C=O) groups excluding carboxylic acids is 2. The number of halogens is 3. The molecule has 0 unspecified atom stereocenters. The van der Waals surface area contributed by atoms with Crippen LogP contribution in [0, 0.1) is 5.92 Å². The molecule has 2 rings (SSSR count). The molecule has 0 radical (unpaired) electrons. The number of amides is 2. The molecule has 1 saturated heterocycles. The van der Waals surface area contributed by atoms with E-state index in [0.717, 1.165) is 29.6 Å². The predicted molar refractivity (Wildman–Crippen MR) is 99.6 cm³/mol. The molecule has 146 valence electrons. The highest BCUT2D eigenvalue weighted by Gasteiger charge is 2.33.